The van der Waals surface area contributed by atoms with Crippen molar-refractivity contribution < 1.29 is 19.4 Å². The average Bonchev–Trinajstić information content (AvgIpc) is 2.29. The summed E-state index contributed by atoms with van der Waals surface area (Å²) in [5, 5.41) is 7.42. The van der Waals surface area contributed by atoms with Gasteiger partial charge >= 0.3 is 0 Å². The van der Waals surface area contributed by atoms with E-state index in [0.717, 1.165) is 33.4 Å². The first-order chi connectivity index (χ1) is 7.65. The Kier molecular flexibility index (Phi) is 18.7. The fourth-order valence-electron chi connectivity index (χ4n) is 0.940. The van der Waals surface area contributed by atoms with Crippen LogP contribution in [-0.4, -0.2) is 37.5 Å². The van der Waals surface area contributed by atoms with Crippen LogP contribution in [0.15, 0.2) is 0 Å². The van der Waals surface area contributed by atoms with Gasteiger partial charge in [0.05, 0.1) is 26.4 Å². The molecule has 1 heterocycles. The number of hydrogen-bond acceptors (Lipinski definition) is 3. The molecular formula is C12H26O4. The molecule has 0 atom stereocenters. The molecular weight excluding hydrogens is 208 g/mol. The lowest BCUT2D eigenvalue weighted by Crippen LogP contribution is -2.16. The number of carboxylic acid groups (broad SMARTS) is 1. The number of rotatable bonds is 3. The lowest BCUT2D eigenvalue weighted by atomic mass is 10.2. The van der Waals surface area contributed by atoms with E-state index >= 15 is 0 Å². The highest BCUT2D eigenvalue weighted by Gasteiger charge is 1.94. The predicted molar refractivity (Wildman–Crippen MR) is 64.8 cm³/mol. The average molecular weight is 234 g/mol. The molecule has 1 fully saturated rings. The van der Waals surface area contributed by atoms with Gasteiger partial charge in [0.25, 0.3) is 5.97 Å². The number of aliphatic carboxylic acids is 1. The van der Waals surface area contributed by atoms with Crippen LogP contribution in [0.2, 0.25) is 0 Å². The molecule has 0 bridgehead atoms. The first-order valence-corrected chi connectivity index (χ1v) is 6.00. The Labute approximate surface area is 98.9 Å². The first-order valence-electron chi connectivity index (χ1n) is 6.00. The monoisotopic (exact) mass is 234 g/mol. The van der Waals surface area contributed by atoms with Crippen molar-refractivity contribution in [2.75, 3.05) is 26.4 Å². The molecule has 0 radical (unpaired) electrons. The number of hydrogen-bond donors (Lipinski definition) is 1. The Hall–Kier alpha value is -0.610. The number of carboxylic acids is 1. The van der Waals surface area contributed by atoms with E-state index in [2.05, 4.69) is 13.8 Å². The molecule has 0 aromatic rings. The Morgan fingerprint density at radius 3 is 1.38 bits per heavy atom. The van der Waals surface area contributed by atoms with Crippen molar-refractivity contribution in [3.8, 4) is 0 Å². The molecule has 1 rings (SSSR count). The third kappa shape index (κ3) is 29.2. The molecule has 16 heavy (non-hydrogen) atoms. The van der Waals surface area contributed by atoms with Gasteiger partial charge in [-0.25, -0.2) is 0 Å². The second-order valence-corrected chi connectivity index (χ2v) is 3.45. The van der Waals surface area contributed by atoms with Crippen molar-refractivity contribution in [2.24, 2.45) is 0 Å². The van der Waals surface area contributed by atoms with Gasteiger partial charge in [-0.2, -0.15) is 0 Å². The van der Waals surface area contributed by atoms with Crippen molar-refractivity contribution in [2.45, 2.75) is 46.5 Å². The quantitative estimate of drug-likeness (QED) is 0.763. The molecule has 0 aliphatic carbocycles. The van der Waals surface area contributed by atoms with Gasteiger partial charge in [0.1, 0.15) is 0 Å². The van der Waals surface area contributed by atoms with Crippen molar-refractivity contribution in [1.29, 1.82) is 0 Å². The topological polar surface area (TPSA) is 55.8 Å². The van der Waals surface area contributed by atoms with Crippen LogP contribution in [0.25, 0.3) is 0 Å². The van der Waals surface area contributed by atoms with Gasteiger partial charge < -0.3 is 14.6 Å². The van der Waals surface area contributed by atoms with E-state index in [1.807, 2.05) is 0 Å². The smallest absolute Gasteiger partial charge is 0.300 e. The molecule has 1 aliphatic heterocycles. The van der Waals surface area contributed by atoms with E-state index in [1.54, 1.807) is 0 Å². The number of ether oxygens (including phenoxy) is 2. The molecule has 0 unspecified atom stereocenters. The van der Waals surface area contributed by atoms with Gasteiger partial charge in [-0.1, -0.05) is 39.5 Å². The largest absolute Gasteiger partial charge is 0.481 e. The molecule has 4 heteroatoms. The lowest BCUT2D eigenvalue weighted by Gasteiger charge is -2.09. The maximum Gasteiger partial charge on any atom is 0.300 e. The summed E-state index contributed by atoms with van der Waals surface area (Å²) in [7, 11) is 0. The van der Waals surface area contributed by atoms with Crippen LogP contribution in [0.1, 0.15) is 46.5 Å². The maximum absolute atomic E-state index is 9.00. The molecule has 1 aliphatic rings. The van der Waals surface area contributed by atoms with Gasteiger partial charge in [0.15, 0.2) is 0 Å². The highest BCUT2D eigenvalue weighted by Crippen LogP contribution is 1.95. The van der Waals surface area contributed by atoms with Crippen LogP contribution in [0.3, 0.4) is 0 Å². The fourth-order valence-corrected chi connectivity index (χ4v) is 0.940. The Morgan fingerprint density at radius 1 is 1.00 bits per heavy atom. The van der Waals surface area contributed by atoms with Crippen LogP contribution < -0.4 is 0 Å². The van der Waals surface area contributed by atoms with Crippen LogP contribution in [0.4, 0.5) is 0 Å². The van der Waals surface area contributed by atoms with Crippen molar-refractivity contribution in [3.05, 3.63) is 0 Å². The van der Waals surface area contributed by atoms with Gasteiger partial charge in [0, 0.05) is 6.92 Å². The van der Waals surface area contributed by atoms with Crippen molar-refractivity contribution >= 4 is 5.97 Å². The summed E-state index contributed by atoms with van der Waals surface area (Å²) in [5.74, 6) is -0.833. The molecule has 0 spiro atoms. The summed E-state index contributed by atoms with van der Waals surface area (Å²) >= 11 is 0. The van der Waals surface area contributed by atoms with Gasteiger partial charge in [0.2, 0.25) is 0 Å². The zero-order valence-corrected chi connectivity index (χ0v) is 10.8. The third-order valence-corrected chi connectivity index (χ3v) is 1.70. The Bertz CT molecular complexity index is 113. The fraction of sp³-hybridized carbons (Fsp3) is 0.917. The van der Waals surface area contributed by atoms with Gasteiger partial charge in [-0.15, -0.1) is 0 Å². The minimum atomic E-state index is -0.833. The summed E-state index contributed by atoms with van der Waals surface area (Å²) < 4.78 is 9.89. The molecule has 1 N–H and O–H groups in total. The van der Waals surface area contributed by atoms with Crippen molar-refractivity contribution in [3.63, 3.8) is 0 Å². The summed E-state index contributed by atoms with van der Waals surface area (Å²) in [4.78, 5) is 9.00. The Morgan fingerprint density at radius 2 is 1.25 bits per heavy atom. The first kappa shape index (κ1) is 17.8. The summed E-state index contributed by atoms with van der Waals surface area (Å²) in [6.07, 6.45) is 5.54. The summed E-state index contributed by atoms with van der Waals surface area (Å²) in [6.45, 7) is 8.66. The molecule has 4 nitrogen and oxygen atoms in total. The second-order valence-electron chi connectivity index (χ2n) is 3.45. The third-order valence-electron chi connectivity index (χ3n) is 1.70. The standard InChI is InChI=1S/C6H14.C4H8O2.C2H4O2/c1-3-5-6-4-2;1-2-6-4-3-5-1;1-2(3)4/h3-6H2,1-2H3;1-4H2;1H3,(H,3,4). The van der Waals surface area contributed by atoms with Gasteiger partial charge in [-0.3, -0.25) is 4.79 Å². The van der Waals surface area contributed by atoms with E-state index in [1.165, 1.54) is 25.7 Å². The van der Waals surface area contributed by atoms with E-state index in [4.69, 9.17) is 19.4 Å². The maximum atomic E-state index is 9.00. The van der Waals surface area contributed by atoms with Gasteiger partial charge in [-0.05, 0) is 0 Å². The summed E-state index contributed by atoms with van der Waals surface area (Å²) in [6, 6.07) is 0. The minimum absolute atomic E-state index is 0.778. The van der Waals surface area contributed by atoms with E-state index < -0.39 is 5.97 Å². The van der Waals surface area contributed by atoms with Crippen LogP contribution in [0.5, 0.6) is 0 Å². The molecule has 1 saturated heterocycles. The highest BCUT2D eigenvalue weighted by molar-refractivity contribution is 5.62. The molecule has 0 aromatic heterocycles. The van der Waals surface area contributed by atoms with Crippen LogP contribution >= 0.6 is 0 Å². The normalized spacial score (nSPS) is 13.9. The van der Waals surface area contributed by atoms with E-state index in [9.17, 15) is 0 Å². The molecule has 0 amide bonds. The Balaban J connectivity index is 0. The molecule has 98 valence electrons. The molecule has 0 aromatic carbocycles. The zero-order chi connectivity index (χ0) is 12.6. The SMILES string of the molecule is C1COCCO1.CC(=O)O.CCCCCC. The number of carbonyl (C=O) groups is 1. The van der Waals surface area contributed by atoms with Crippen LogP contribution in [-0.2, 0) is 14.3 Å². The predicted octanol–water partition coefficient (Wildman–Crippen LogP) is 2.71. The molecule has 0 saturated carbocycles. The lowest BCUT2D eigenvalue weighted by molar-refractivity contribution is -0.134. The zero-order valence-electron chi connectivity index (χ0n) is 10.8. The minimum Gasteiger partial charge on any atom is -0.481 e. The second kappa shape index (κ2) is 16.8. The summed E-state index contributed by atoms with van der Waals surface area (Å²) in [5.41, 5.74) is 0. The van der Waals surface area contributed by atoms with E-state index in [-0.39, 0.29) is 0 Å². The van der Waals surface area contributed by atoms with Crippen molar-refractivity contribution in [1.82, 2.24) is 0 Å². The van der Waals surface area contributed by atoms with Crippen LogP contribution in [0, 0.1) is 0 Å². The highest BCUT2D eigenvalue weighted by atomic mass is 16.6. The number of unbranched alkanes of at least 4 members (excludes halogenated alkanes) is 3. The van der Waals surface area contributed by atoms with E-state index in [0.29, 0.717) is 0 Å².